The molecule has 2 aromatic heterocycles. The molecular formula is C38H39N7O4. The Morgan fingerprint density at radius 2 is 1.67 bits per heavy atom. The van der Waals surface area contributed by atoms with Gasteiger partial charge in [-0.05, 0) is 91.3 Å². The number of aromatic nitrogens is 3. The molecule has 0 radical (unpaired) electrons. The quantitative estimate of drug-likeness (QED) is 0.138. The number of anilines is 3. The molecule has 1 aliphatic heterocycles. The van der Waals surface area contributed by atoms with Crippen LogP contribution < -0.4 is 10.6 Å². The predicted octanol–water partition coefficient (Wildman–Crippen LogP) is 6.08. The first kappa shape index (κ1) is 34.4. The minimum atomic E-state index is -0.983. The van der Waals surface area contributed by atoms with Gasteiger partial charge in [-0.3, -0.25) is 14.7 Å². The molecule has 0 atom stereocenters. The molecule has 11 heteroatoms. The molecule has 0 spiro atoms. The van der Waals surface area contributed by atoms with Crippen LogP contribution in [0.4, 0.5) is 17.3 Å². The number of phenols is 1. The first-order chi connectivity index (χ1) is 23.7. The predicted molar refractivity (Wildman–Crippen MR) is 192 cm³/mol. The van der Waals surface area contributed by atoms with Crippen molar-refractivity contribution in [3.8, 4) is 17.0 Å². The summed E-state index contributed by atoms with van der Waals surface area (Å²) in [5.74, 6) is -0.481. The third-order valence-electron chi connectivity index (χ3n) is 7.88. The van der Waals surface area contributed by atoms with E-state index >= 15 is 0 Å². The van der Waals surface area contributed by atoms with Crippen LogP contribution in [0.15, 0.2) is 110 Å². The number of nitrogens with zero attached hydrogens (tertiary/aromatic N) is 5. The molecule has 11 nitrogen and oxygen atoms in total. The van der Waals surface area contributed by atoms with Gasteiger partial charge in [0.1, 0.15) is 5.75 Å². The average molecular weight is 658 g/mol. The Morgan fingerprint density at radius 1 is 0.918 bits per heavy atom. The summed E-state index contributed by atoms with van der Waals surface area (Å²) in [4.78, 5) is 41.0. The molecule has 1 aliphatic rings. The summed E-state index contributed by atoms with van der Waals surface area (Å²) in [7, 11) is 2.16. The zero-order valence-electron chi connectivity index (χ0n) is 27.5. The van der Waals surface area contributed by atoms with E-state index in [1.165, 1.54) is 23.8 Å². The van der Waals surface area contributed by atoms with Crippen molar-refractivity contribution in [1.29, 1.82) is 0 Å². The molecule has 1 amide bonds. The molecule has 3 aromatic carbocycles. The monoisotopic (exact) mass is 657 g/mol. The van der Waals surface area contributed by atoms with Crippen LogP contribution >= 0.6 is 0 Å². The lowest BCUT2D eigenvalue weighted by atomic mass is 10.1. The van der Waals surface area contributed by atoms with E-state index < -0.39 is 5.97 Å². The summed E-state index contributed by atoms with van der Waals surface area (Å²) in [6.45, 7) is 7.24. The van der Waals surface area contributed by atoms with E-state index in [0.29, 0.717) is 17.2 Å². The van der Waals surface area contributed by atoms with Gasteiger partial charge in [-0.1, -0.05) is 30.3 Å². The van der Waals surface area contributed by atoms with Gasteiger partial charge >= 0.3 is 5.97 Å². The number of aliphatic carboxylic acids is 1. The maximum atomic E-state index is 12.9. The third-order valence-corrected chi connectivity index (χ3v) is 7.88. The highest BCUT2D eigenvalue weighted by molar-refractivity contribution is 6.04. The van der Waals surface area contributed by atoms with Crippen LogP contribution in [0.25, 0.3) is 17.3 Å². The van der Waals surface area contributed by atoms with E-state index in [1.54, 1.807) is 30.7 Å². The third kappa shape index (κ3) is 10.5. The van der Waals surface area contributed by atoms with Gasteiger partial charge in [0, 0.05) is 79.9 Å². The highest BCUT2D eigenvalue weighted by Crippen LogP contribution is 2.25. The van der Waals surface area contributed by atoms with Gasteiger partial charge in [0.15, 0.2) is 0 Å². The molecule has 5 aromatic rings. The van der Waals surface area contributed by atoms with Gasteiger partial charge in [0.2, 0.25) is 5.95 Å². The second-order valence-corrected chi connectivity index (χ2v) is 11.7. The number of hydrogen-bond acceptors (Lipinski definition) is 9. The Kier molecular flexibility index (Phi) is 11.8. The highest BCUT2D eigenvalue weighted by Gasteiger charge is 2.14. The summed E-state index contributed by atoms with van der Waals surface area (Å²) in [5, 5.41) is 23.5. The number of benzene rings is 3. The number of rotatable bonds is 9. The van der Waals surface area contributed by atoms with Crippen molar-refractivity contribution in [2.24, 2.45) is 0 Å². The molecule has 0 bridgehead atoms. The Balaban J connectivity index is 0.000000330. The van der Waals surface area contributed by atoms with Crippen molar-refractivity contribution < 1.29 is 19.8 Å². The van der Waals surface area contributed by atoms with Crippen molar-refractivity contribution >= 4 is 35.3 Å². The standard InChI is InChI=1S/C29H31N7O.C9H8O3/c1-21-5-10-25(18-27(21)34-29-31-13-11-26(33-29)24-4-3-12-30-19-24)32-28(37)23-8-6-22(7-9-23)20-36-16-14-35(2)15-17-36;10-8-4-1-7(2-5-8)3-6-9(11)12/h3-13,18-19H,14-17,20H2,1-2H3,(H,32,37)(H,31,33,34);1-6,10H,(H,11,12)/b;6-3+. The molecular weight excluding hydrogens is 618 g/mol. The molecule has 49 heavy (non-hydrogen) atoms. The highest BCUT2D eigenvalue weighted by atomic mass is 16.4. The topological polar surface area (TPSA) is 144 Å². The zero-order chi connectivity index (χ0) is 34.6. The summed E-state index contributed by atoms with van der Waals surface area (Å²) in [6, 6.07) is 25.6. The van der Waals surface area contributed by atoms with Crippen molar-refractivity contribution in [3.05, 3.63) is 132 Å². The smallest absolute Gasteiger partial charge is 0.328 e. The molecule has 4 N–H and O–H groups in total. The maximum Gasteiger partial charge on any atom is 0.328 e. The van der Waals surface area contributed by atoms with Crippen LogP contribution in [-0.2, 0) is 11.3 Å². The van der Waals surface area contributed by atoms with E-state index in [2.05, 4.69) is 42.4 Å². The van der Waals surface area contributed by atoms with E-state index in [1.807, 2.05) is 67.6 Å². The summed E-state index contributed by atoms with van der Waals surface area (Å²) in [5.41, 5.74) is 6.83. The minimum Gasteiger partial charge on any atom is -0.508 e. The lowest BCUT2D eigenvalue weighted by Crippen LogP contribution is -2.43. The van der Waals surface area contributed by atoms with Crippen LogP contribution in [0.3, 0.4) is 0 Å². The number of carboxylic acid groups (broad SMARTS) is 1. The fourth-order valence-corrected chi connectivity index (χ4v) is 5.03. The molecule has 6 rings (SSSR count). The fraction of sp³-hybridized carbons (Fsp3) is 0.184. The van der Waals surface area contributed by atoms with Crippen LogP contribution in [0, 0.1) is 6.92 Å². The molecule has 0 saturated carbocycles. The molecule has 1 fully saturated rings. The van der Waals surface area contributed by atoms with E-state index in [0.717, 1.165) is 66.9 Å². The number of piperazine rings is 1. The average Bonchev–Trinajstić information content (AvgIpc) is 3.11. The summed E-state index contributed by atoms with van der Waals surface area (Å²) >= 11 is 0. The normalized spacial score (nSPS) is 13.3. The van der Waals surface area contributed by atoms with Crippen LogP contribution in [-0.4, -0.2) is 80.1 Å². The first-order valence-electron chi connectivity index (χ1n) is 15.8. The van der Waals surface area contributed by atoms with Gasteiger partial charge in [-0.15, -0.1) is 0 Å². The minimum absolute atomic E-state index is 0.143. The van der Waals surface area contributed by atoms with E-state index in [-0.39, 0.29) is 11.7 Å². The Morgan fingerprint density at radius 3 is 2.37 bits per heavy atom. The summed E-state index contributed by atoms with van der Waals surface area (Å²) < 4.78 is 0. The van der Waals surface area contributed by atoms with Gasteiger partial charge in [-0.25, -0.2) is 14.8 Å². The Bertz CT molecular complexity index is 1870. The molecule has 0 unspecified atom stereocenters. The van der Waals surface area contributed by atoms with Crippen molar-refractivity contribution in [2.45, 2.75) is 13.5 Å². The number of carboxylic acids is 1. The first-order valence-corrected chi connectivity index (χ1v) is 15.8. The van der Waals surface area contributed by atoms with E-state index in [4.69, 9.17) is 10.2 Å². The molecule has 3 heterocycles. The van der Waals surface area contributed by atoms with E-state index in [9.17, 15) is 9.59 Å². The molecule has 1 saturated heterocycles. The zero-order valence-corrected chi connectivity index (χ0v) is 27.5. The number of aryl methyl sites for hydroxylation is 1. The second kappa shape index (κ2) is 16.8. The maximum absolute atomic E-state index is 12.9. The van der Waals surface area contributed by atoms with Gasteiger partial charge < -0.3 is 25.7 Å². The van der Waals surface area contributed by atoms with Crippen LogP contribution in [0.1, 0.15) is 27.0 Å². The van der Waals surface area contributed by atoms with Crippen LogP contribution in [0.2, 0.25) is 0 Å². The number of phenolic OH excluding ortho intramolecular Hbond substituents is 1. The lowest BCUT2D eigenvalue weighted by molar-refractivity contribution is -0.131. The number of nitrogens with one attached hydrogen (secondary N) is 2. The number of pyridine rings is 1. The fourth-order valence-electron chi connectivity index (χ4n) is 5.03. The SMILES string of the molecule is Cc1ccc(NC(=O)c2ccc(CN3CCN(C)CC3)cc2)cc1Nc1nccc(-c2cccnc2)n1.O=C(O)/C=C/c1ccc(O)cc1. The Labute approximate surface area is 285 Å². The largest absolute Gasteiger partial charge is 0.508 e. The number of carbonyl (C=O) groups excluding carboxylic acids is 1. The number of carbonyl (C=O) groups is 2. The van der Waals surface area contributed by atoms with Crippen molar-refractivity contribution in [3.63, 3.8) is 0 Å². The number of hydrogen-bond donors (Lipinski definition) is 4. The summed E-state index contributed by atoms with van der Waals surface area (Å²) in [6.07, 6.45) is 7.72. The van der Waals surface area contributed by atoms with Gasteiger partial charge in [0.05, 0.1) is 5.69 Å². The molecule has 0 aliphatic carbocycles. The van der Waals surface area contributed by atoms with Crippen molar-refractivity contribution in [1.82, 2.24) is 24.8 Å². The van der Waals surface area contributed by atoms with Crippen molar-refractivity contribution in [2.75, 3.05) is 43.9 Å². The molecule has 250 valence electrons. The lowest BCUT2D eigenvalue weighted by Gasteiger charge is -2.32. The number of likely N-dealkylation sites (N-methyl/N-ethyl adjacent to an activating group) is 1. The second-order valence-electron chi connectivity index (χ2n) is 11.7. The van der Waals surface area contributed by atoms with Gasteiger partial charge in [-0.2, -0.15) is 0 Å². The number of amides is 1. The number of aromatic hydroxyl groups is 1. The Hall–Kier alpha value is -5.91. The van der Waals surface area contributed by atoms with Crippen LogP contribution in [0.5, 0.6) is 5.75 Å². The van der Waals surface area contributed by atoms with Gasteiger partial charge in [0.25, 0.3) is 5.91 Å².